The van der Waals surface area contributed by atoms with Gasteiger partial charge in [-0.25, -0.2) is 0 Å². The molecule has 108 valence electrons. The molecule has 0 atom stereocenters. The van der Waals surface area contributed by atoms with E-state index in [-0.39, 0.29) is 5.78 Å². The van der Waals surface area contributed by atoms with Crippen molar-refractivity contribution < 1.29 is 14.3 Å². The molecule has 1 heterocycles. The zero-order valence-electron chi connectivity index (χ0n) is 11.7. The maximum Gasteiger partial charge on any atom is 0.200 e. The third-order valence-corrected chi connectivity index (χ3v) is 3.88. The predicted molar refractivity (Wildman–Crippen MR) is 84.4 cm³/mol. The van der Waals surface area contributed by atoms with Crippen LogP contribution in [0.15, 0.2) is 40.9 Å². The van der Waals surface area contributed by atoms with Gasteiger partial charge in [0, 0.05) is 10.9 Å². The van der Waals surface area contributed by atoms with Crippen molar-refractivity contribution in [1.82, 2.24) is 0 Å². The normalized spacial score (nSPS) is 12.7. The van der Waals surface area contributed by atoms with Crippen molar-refractivity contribution in [2.24, 2.45) is 0 Å². The van der Waals surface area contributed by atoms with E-state index in [4.69, 9.17) is 9.47 Å². The zero-order chi connectivity index (χ0) is 14.8. The molecule has 2 aromatic carbocycles. The molecule has 0 N–H and O–H groups in total. The number of benzene rings is 2. The summed E-state index contributed by atoms with van der Waals surface area (Å²) in [4.78, 5) is 12.9. The van der Waals surface area contributed by atoms with Gasteiger partial charge in [-0.3, -0.25) is 4.79 Å². The van der Waals surface area contributed by atoms with Crippen LogP contribution in [0.4, 0.5) is 0 Å². The van der Waals surface area contributed by atoms with Crippen molar-refractivity contribution in [2.45, 2.75) is 13.3 Å². The third-order valence-electron chi connectivity index (χ3n) is 3.42. The maximum absolute atomic E-state index is 12.9. The van der Waals surface area contributed by atoms with E-state index in [1.54, 1.807) is 6.07 Å². The van der Waals surface area contributed by atoms with E-state index in [9.17, 15) is 4.79 Å². The number of halogens is 1. The number of hydrogen-bond donors (Lipinski definition) is 0. The highest BCUT2D eigenvalue weighted by Crippen LogP contribution is 2.35. The van der Waals surface area contributed by atoms with Crippen LogP contribution < -0.4 is 9.47 Å². The lowest BCUT2D eigenvalue weighted by atomic mass is 9.99. The summed E-state index contributed by atoms with van der Waals surface area (Å²) in [5, 5.41) is 0. The van der Waals surface area contributed by atoms with Gasteiger partial charge in [0.2, 0.25) is 5.78 Å². The average Bonchev–Trinajstić information content (AvgIpc) is 2.94. The molecule has 1 aliphatic rings. The molecule has 0 saturated heterocycles. The van der Waals surface area contributed by atoms with Crippen molar-refractivity contribution in [1.29, 1.82) is 0 Å². The summed E-state index contributed by atoms with van der Waals surface area (Å²) in [5.41, 5.74) is 2.22. The van der Waals surface area contributed by atoms with Gasteiger partial charge >= 0.3 is 0 Å². The topological polar surface area (TPSA) is 35.5 Å². The Balaban J connectivity index is 2.08. The van der Waals surface area contributed by atoms with Gasteiger partial charge in [-0.05, 0) is 36.8 Å². The molecule has 0 radical (unpaired) electrons. The van der Waals surface area contributed by atoms with Crippen molar-refractivity contribution in [3.05, 3.63) is 57.6 Å². The average molecular weight is 347 g/mol. The molecule has 3 nitrogen and oxygen atoms in total. The molecule has 21 heavy (non-hydrogen) atoms. The second kappa shape index (κ2) is 5.90. The Hall–Kier alpha value is -1.81. The second-order valence-electron chi connectivity index (χ2n) is 4.80. The first-order valence-corrected chi connectivity index (χ1v) is 7.71. The van der Waals surface area contributed by atoms with Crippen molar-refractivity contribution in [3.8, 4) is 11.5 Å². The first-order chi connectivity index (χ1) is 10.2. The summed E-state index contributed by atoms with van der Waals surface area (Å²) < 4.78 is 12.1. The van der Waals surface area contributed by atoms with Crippen LogP contribution >= 0.6 is 15.9 Å². The molecule has 4 heteroatoms. The Bertz CT molecular complexity index is 694. The van der Waals surface area contributed by atoms with Gasteiger partial charge in [0.05, 0.1) is 24.3 Å². The minimum Gasteiger partial charge on any atom is -0.493 e. The zero-order valence-corrected chi connectivity index (χ0v) is 13.3. The van der Waals surface area contributed by atoms with E-state index in [1.165, 1.54) is 0 Å². The Morgan fingerprint density at radius 2 is 2.10 bits per heavy atom. The van der Waals surface area contributed by atoms with Crippen LogP contribution in [0, 0.1) is 0 Å². The highest BCUT2D eigenvalue weighted by atomic mass is 79.9. The van der Waals surface area contributed by atoms with Crippen LogP contribution in [0.25, 0.3) is 0 Å². The van der Waals surface area contributed by atoms with Crippen molar-refractivity contribution in [3.63, 3.8) is 0 Å². The lowest BCUT2D eigenvalue weighted by Crippen LogP contribution is -2.07. The Labute approximate surface area is 132 Å². The molecule has 0 aromatic heterocycles. The molecule has 1 aliphatic heterocycles. The van der Waals surface area contributed by atoms with Gasteiger partial charge in [0.25, 0.3) is 0 Å². The van der Waals surface area contributed by atoms with E-state index in [0.29, 0.717) is 35.8 Å². The number of carbonyl (C=O) groups is 1. The summed E-state index contributed by atoms with van der Waals surface area (Å²) in [5.74, 6) is 1.24. The SMILES string of the molecule is CCOc1ccccc1C(=O)c1cc(Br)cc2c1OCC2. The standard InChI is InChI=1S/C17H15BrO3/c1-2-20-15-6-4-3-5-13(15)16(19)14-10-12(18)9-11-7-8-21-17(11)14/h3-6,9-10H,2,7-8H2,1H3. The molecular weight excluding hydrogens is 332 g/mol. The van der Waals surface area contributed by atoms with Crippen molar-refractivity contribution >= 4 is 21.7 Å². The van der Waals surface area contributed by atoms with E-state index in [0.717, 1.165) is 16.5 Å². The predicted octanol–water partition coefficient (Wildman–Crippen LogP) is 4.01. The van der Waals surface area contributed by atoms with Gasteiger partial charge < -0.3 is 9.47 Å². The molecule has 0 spiro atoms. The Morgan fingerprint density at radius 3 is 2.90 bits per heavy atom. The summed E-state index contributed by atoms with van der Waals surface area (Å²) in [7, 11) is 0. The van der Waals surface area contributed by atoms with E-state index < -0.39 is 0 Å². The quantitative estimate of drug-likeness (QED) is 0.784. The minimum absolute atomic E-state index is 0.0708. The first-order valence-electron chi connectivity index (χ1n) is 6.92. The molecule has 3 rings (SSSR count). The smallest absolute Gasteiger partial charge is 0.200 e. The molecule has 0 bridgehead atoms. The summed E-state index contributed by atoms with van der Waals surface area (Å²) in [6.45, 7) is 3.05. The van der Waals surface area contributed by atoms with Crippen molar-refractivity contribution in [2.75, 3.05) is 13.2 Å². The van der Waals surface area contributed by atoms with Crippen LogP contribution in [0.3, 0.4) is 0 Å². The van der Waals surface area contributed by atoms with Gasteiger partial charge in [-0.2, -0.15) is 0 Å². The summed E-state index contributed by atoms with van der Waals surface area (Å²) >= 11 is 3.47. The highest BCUT2D eigenvalue weighted by molar-refractivity contribution is 9.10. The molecular formula is C17H15BrO3. The lowest BCUT2D eigenvalue weighted by Gasteiger charge is -2.12. The minimum atomic E-state index is -0.0708. The number of hydrogen-bond acceptors (Lipinski definition) is 3. The molecule has 0 fully saturated rings. The van der Waals surface area contributed by atoms with E-state index >= 15 is 0 Å². The number of ether oxygens (including phenoxy) is 2. The molecule has 0 aliphatic carbocycles. The second-order valence-corrected chi connectivity index (χ2v) is 5.71. The number of rotatable bonds is 4. The van der Waals surface area contributed by atoms with Gasteiger partial charge in [0.1, 0.15) is 11.5 Å². The van der Waals surface area contributed by atoms with Gasteiger partial charge in [-0.1, -0.05) is 28.1 Å². The number of fused-ring (bicyclic) bond motifs is 1. The van der Waals surface area contributed by atoms with Crippen LogP contribution in [-0.2, 0) is 6.42 Å². The first kappa shape index (κ1) is 14.1. The highest BCUT2D eigenvalue weighted by Gasteiger charge is 2.24. The number of carbonyl (C=O) groups excluding carboxylic acids is 1. The van der Waals surface area contributed by atoms with E-state index in [2.05, 4.69) is 15.9 Å². The summed E-state index contributed by atoms with van der Waals surface area (Å²) in [6.07, 6.45) is 0.835. The molecule has 0 unspecified atom stereocenters. The van der Waals surface area contributed by atoms with Crippen LogP contribution in [0.1, 0.15) is 28.4 Å². The third kappa shape index (κ3) is 2.68. The fourth-order valence-corrected chi connectivity index (χ4v) is 3.02. The monoisotopic (exact) mass is 346 g/mol. The number of ketones is 1. The Kier molecular flexibility index (Phi) is 3.97. The fraction of sp³-hybridized carbons (Fsp3) is 0.235. The number of para-hydroxylation sites is 1. The largest absolute Gasteiger partial charge is 0.493 e. The van der Waals surface area contributed by atoms with Crippen LogP contribution in [0.2, 0.25) is 0 Å². The van der Waals surface area contributed by atoms with Gasteiger partial charge in [-0.15, -0.1) is 0 Å². The molecule has 2 aromatic rings. The fourth-order valence-electron chi connectivity index (χ4n) is 2.52. The molecule has 0 amide bonds. The van der Waals surface area contributed by atoms with Crippen LogP contribution in [-0.4, -0.2) is 19.0 Å². The summed E-state index contributed by atoms with van der Waals surface area (Å²) in [6, 6.07) is 11.1. The molecule has 0 saturated carbocycles. The van der Waals surface area contributed by atoms with E-state index in [1.807, 2.05) is 37.3 Å². The lowest BCUT2D eigenvalue weighted by molar-refractivity contribution is 0.103. The Morgan fingerprint density at radius 1 is 1.29 bits per heavy atom. The van der Waals surface area contributed by atoms with Gasteiger partial charge in [0.15, 0.2) is 0 Å². The van der Waals surface area contributed by atoms with Crippen LogP contribution in [0.5, 0.6) is 11.5 Å². The maximum atomic E-state index is 12.9.